The summed E-state index contributed by atoms with van der Waals surface area (Å²) in [5, 5.41) is 3.82. The third-order valence-electron chi connectivity index (χ3n) is 8.52. The van der Waals surface area contributed by atoms with E-state index in [9.17, 15) is 0 Å². The third kappa shape index (κ3) is 3.26. The highest BCUT2D eigenvalue weighted by Crippen LogP contribution is 2.53. The van der Waals surface area contributed by atoms with Crippen molar-refractivity contribution in [3.05, 3.63) is 140 Å². The zero-order chi connectivity index (χ0) is 26.9. The lowest BCUT2D eigenvalue weighted by atomic mass is 9.77. The van der Waals surface area contributed by atoms with Gasteiger partial charge in [0.2, 0.25) is 0 Å². The number of hydrogen-bond acceptors (Lipinski definition) is 2. The van der Waals surface area contributed by atoms with Gasteiger partial charge in [-0.15, -0.1) is 11.3 Å². The molecule has 0 radical (unpaired) electrons. The van der Waals surface area contributed by atoms with Crippen molar-refractivity contribution in [1.29, 1.82) is 0 Å². The topological polar surface area (TPSA) is 12.9 Å². The van der Waals surface area contributed by atoms with Crippen molar-refractivity contribution >= 4 is 42.4 Å². The molecular weight excluding hydrogens is 515 g/mol. The monoisotopic (exact) mass is 537 g/mol. The van der Waals surface area contributed by atoms with E-state index >= 15 is 0 Å². The molecule has 0 saturated carbocycles. The van der Waals surface area contributed by atoms with E-state index in [2.05, 4.69) is 133 Å². The first-order valence-corrected chi connectivity index (χ1v) is 14.8. The normalized spacial score (nSPS) is 11.9. The van der Waals surface area contributed by atoms with Gasteiger partial charge < -0.3 is 0 Å². The molecule has 1 aliphatic carbocycles. The maximum atomic E-state index is 4.80. The second kappa shape index (κ2) is 8.72. The number of thiophene rings is 1. The van der Waals surface area contributed by atoms with Crippen LogP contribution in [0.25, 0.3) is 86.7 Å². The molecule has 1 aliphatic rings. The molecular formula is C39H23NS. The van der Waals surface area contributed by atoms with E-state index in [0.29, 0.717) is 0 Å². The van der Waals surface area contributed by atoms with Gasteiger partial charge in [0.05, 0.1) is 5.52 Å². The Kier molecular flexibility index (Phi) is 4.84. The summed E-state index contributed by atoms with van der Waals surface area (Å²) in [6.45, 7) is 0. The van der Waals surface area contributed by atoms with Crippen LogP contribution in [0.3, 0.4) is 0 Å². The van der Waals surface area contributed by atoms with E-state index in [1.807, 2.05) is 17.5 Å². The molecule has 6 aromatic carbocycles. The van der Waals surface area contributed by atoms with Crippen molar-refractivity contribution in [1.82, 2.24) is 4.98 Å². The fourth-order valence-electron chi connectivity index (χ4n) is 6.78. The molecule has 0 bridgehead atoms. The van der Waals surface area contributed by atoms with Crippen LogP contribution >= 0.6 is 11.3 Å². The molecule has 0 N–H and O–H groups in total. The minimum atomic E-state index is 1.01. The Labute approximate surface area is 242 Å². The van der Waals surface area contributed by atoms with Crippen LogP contribution in [-0.2, 0) is 0 Å². The molecule has 41 heavy (non-hydrogen) atoms. The Bertz CT molecular complexity index is 2320. The summed E-state index contributed by atoms with van der Waals surface area (Å²) in [7, 11) is 0. The standard InChI is InChI=1S/C39H23NS/c1-3-12-26-24(10-1)25-11-2-4-13-27(25)31-21-22-35-34(19-9-23-40-35)38(31)37-29(26)15-7-16-30(37)33-18-8-17-32-28-14-5-6-20-36(28)41-39(32)33/h1-23H. The van der Waals surface area contributed by atoms with E-state index < -0.39 is 0 Å². The maximum Gasteiger partial charge on any atom is 0.0708 e. The molecule has 0 amide bonds. The molecule has 190 valence electrons. The van der Waals surface area contributed by atoms with E-state index in [4.69, 9.17) is 4.98 Å². The number of rotatable bonds is 1. The first-order chi connectivity index (χ1) is 20.4. The average Bonchev–Trinajstić information content (AvgIpc) is 3.42. The van der Waals surface area contributed by atoms with E-state index in [1.165, 1.54) is 81.2 Å². The van der Waals surface area contributed by atoms with E-state index in [1.54, 1.807) is 0 Å². The molecule has 0 unspecified atom stereocenters. The Morgan fingerprint density at radius 1 is 0.366 bits per heavy atom. The van der Waals surface area contributed by atoms with Gasteiger partial charge in [-0.3, -0.25) is 4.98 Å². The Balaban J connectivity index is 1.50. The molecule has 0 fully saturated rings. The van der Waals surface area contributed by atoms with Gasteiger partial charge in [-0.2, -0.15) is 0 Å². The van der Waals surface area contributed by atoms with Crippen LogP contribution in [0.15, 0.2) is 140 Å². The average molecular weight is 538 g/mol. The van der Waals surface area contributed by atoms with Gasteiger partial charge in [0.25, 0.3) is 0 Å². The number of fused-ring (bicyclic) bond motifs is 13. The van der Waals surface area contributed by atoms with Gasteiger partial charge in [0, 0.05) is 42.9 Å². The largest absolute Gasteiger partial charge is 0.256 e. The molecule has 8 aromatic rings. The summed E-state index contributed by atoms with van der Waals surface area (Å²) in [4.78, 5) is 4.80. The number of hydrogen-bond donors (Lipinski definition) is 0. The predicted molar refractivity (Wildman–Crippen MR) is 175 cm³/mol. The SMILES string of the molecule is c1ccc2c(c1)-c1ccccc1-c1ccc3ncccc3c1-c1c-2cccc1-c1cccc2c1sc1ccccc12. The van der Waals surface area contributed by atoms with Gasteiger partial charge in [0.1, 0.15) is 0 Å². The van der Waals surface area contributed by atoms with Crippen molar-refractivity contribution in [3.63, 3.8) is 0 Å². The smallest absolute Gasteiger partial charge is 0.0708 e. The minimum Gasteiger partial charge on any atom is -0.256 e. The summed E-state index contributed by atoms with van der Waals surface area (Å²) < 4.78 is 2.65. The molecule has 0 atom stereocenters. The minimum absolute atomic E-state index is 1.01. The van der Waals surface area contributed by atoms with Crippen molar-refractivity contribution in [3.8, 4) is 55.6 Å². The van der Waals surface area contributed by atoms with Gasteiger partial charge in [0.15, 0.2) is 0 Å². The van der Waals surface area contributed by atoms with E-state index in [-0.39, 0.29) is 0 Å². The zero-order valence-corrected chi connectivity index (χ0v) is 23.0. The summed E-state index contributed by atoms with van der Waals surface area (Å²) >= 11 is 1.89. The molecule has 2 heteroatoms. The van der Waals surface area contributed by atoms with Gasteiger partial charge >= 0.3 is 0 Å². The van der Waals surface area contributed by atoms with Crippen molar-refractivity contribution in [2.75, 3.05) is 0 Å². The lowest BCUT2D eigenvalue weighted by molar-refractivity contribution is 1.41. The van der Waals surface area contributed by atoms with Crippen molar-refractivity contribution < 1.29 is 0 Å². The third-order valence-corrected chi connectivity index (χ3v) is 9.74. The summed E-state index contributed by atoms with van der Waals surface area (Å²) in [6, 6.07) is 48.9. The molecule has 2 aromatic heterocycles. The first kappa shape index (κ1) is 22.7. The molecule has 0 aliphatic heterocycles. The summed E-state index contributed by atoms with van der Waals surface area (Å²) in [5.41, 5.74) is 13.6. The quantitative estimate of drug-likeness (QED) is 0.203. The number of pyridine rings is 1. The Morgan fingerprint density at radius 2 is 0.902 bits per heavy atom. The molecule has 0 saturated heterocycles. The number of aromatic nitrogens is 1. The van der Waals surface area contributed by atoms with Crippen LogP contribution in [0.5, 0.6) is 0 Å². The van der Waals surface area contributed by atoms with Crippen LogP contribution in [-0.4, -0.2) is 4.98 Å². The first-order valence-electron chi connectivity index (χ1n) is 14.0. The van der Waals surface area contributed by atoms with Gasteiger partial charge in [-0.25, -0.2) is 0 Å². The molecule has 1 nitrogen and oxygen atoms in total. The zero-order valence-electron chi connectivity index (χ0n) is 22.1. The lowest BCUT2D eigenvalue weighted by Gasteiger charge is -2.26. The van der Waals surface area contributed by atoms with Crippen LogP contribution in [0.1, 0.15) is 0 Å². The van der Waals surface area contributed by atoms with Crippen LogP contribution in [0.2, 0.25) is 0 Å². The predicted octanol–water partition coefficient (Wildman–Crippen LogP) is 11.3. The van der Waals surface area contributed by atoms with Crippen molar-refractivity contribution in [2.24, 2.45) is 0 Å². The highest BCUT2D eigenvalue weighted by Gasteiger charge is 2.26. The lowest BCUT2D eigenvalue weighted by Crippen LogP contribution is -2.00. The second-order valence-corrected chi connectivity index (χ2v) is 11.7. The maximum absolute atomic E-state index is 4.80. The summed E-state index contributed by atoms with van der Waals surface area (Å²) in [5.74, 6) is 0. The fourth-order valence-corrected chi connectivity index (χ4v) is 8.01. The second-order valence-electron chi connectivity index (χ2n) is 10.7. The fraction of sp³-hybridized carbons (Fsp3) is 0. The number of benzene rings is 6. The highest BCUT2D eigenvalue weighted by atomic mass is 32.1. The van der Waals surface area contributed by atoms with Gasteiger partial charge in [-0.05, 0) is 62.7 Å². The number of nitrogens with zero attached hydrogens (tertiary/aromatic N) is 1. The van der Waals surface area contributed by atoms with Crippen LogP contribution < -0.4 is 0 Å². The Morgan fingerprint density at radius 3 is 1.68 bits per heavy atom. The van der Waals surface area contributed by atoms with E-state index in [0.717, 1.165) is 5.52 Å². The molecule has 9 rings (SSSR count). The highest BCUT2D eigenvalue weighted by molar-refractivity contribution is 7.26. The molecule has 2 heterocycles. The van der Waals surface area contributed by atoms with Gasteiger partial charge in [-0.1, -0.05) is 115 Å². The molecule has 0 spiro atoms. The summed E-state index contributed by atoms with van der Waals surface area (Å²) in [6.07, 6.45) is 1.89. The van der Waals surface area contributed by atoms with Crippen LogP contribution in [0, 0.1) is 0 Å². The Hall–Kier alpha value is -5.05. The van der Waals surface area contributed by atoms with Crippen LogP contribution in [0.4, 0.5) is 0 Å². The van der Waals surface area contributed by atoms with Crippen molar-refractivity contribution in [2.45, 2.75) is 0 Å².